The van der Waals surface area contributed by atoms with E-state index in [1.807, 2.05) is 30.3 Å². The Labute approximate surface area is 178 Å². The highest BCUT2D eigenvalue weighted by molar-refractivity contribution is 5.43. The molecule has 0 saturated carbocycles. The van der Waals surface area contributed by atoms with Crippen molar-refractivity contribution in [3.05, 3.63) is 53.6 Å². The molecule has 0 amide bonds. The summed E-state index contributed by atoms with van der Waals surface area (Å²) in [4.78, 5) is 2.18. The summed E-state index contributed by atoms with van der Waals surface area (Å²) >= 11 is 0. The van der Waals surface area contributed by atoms with Gasteiger partial charge in [-0.1, -0.05) is 18.2 Å². The van der Waals surface area contributed by atoms with E-state index in [-0.39, 0.29) is 12.4 Å². The number of morpholine rings is 1. The van der Waals surface area contributed by atoms with Crippen LogP contribution in [-0.4, -0.2) is 74.3 Å². The van der Waals surface area contributed by atoms with E-state index in [0.29, 0.717) is 37.8 Å². The van der Waals surface area contributed by atoms with Crippen molar-refractivity contribution in [3.8, 4) is 17.2 Å². The van der Waals surface area contributed by atoms with Crippen LogP contribution in [0.1, 0.15) is 11.1 Å². The maximum Gasteiger partial charge on any atom is 0.161 e. The van der Waals surface area contributed by atoms with Crippen molar-refractivity contribution in [1.29, 1.82) is 0 Å². The minimum absolute atomic E-state index is 0.220. The van der Waals surface area contributed by atoms with Crippen molar-refractivity contribution in [2.75, 3.05) is 53.1 Å². The predicted octanol–water partition coefficient (Wildman–Crippen LogP) is 1.80. The molecule has 0 radical (unpaired) electrons. The van der Waals surface area contributed by atoms with Gasteiger partial charge in [0.2, 0.25) is 0 Å². The van der Waals surface area contributed by atoms with Crippen LogP contribution in [0.2, 0.25) is 0 Å². The quantitative estimate of drug-likeness (QED) is 0.482. The van der Waals surface area contributed by atoms with E-state index in [1.54, 1.807) is 19.2 Å². The first-order valence-corrected chi connectivity index (χ1v) is 10.4. The lowest BCUT2D eigenvalue weighted by molar-refractivity contribution is 0.00445. The molecule has 7 nitrogen and oxygen atoms in total. The smallest absolute Gasteiger partial charge is 0.161 e. The van der Waals surface area contributed by atoms with Crippen LogP contribution in [-0.2, 0) is 17.7 Å². The van der Waals surface area contributed by atoms with E-state index in [1.165, 1.54) is 5.56 Å². The molecule has 0 aromatic heterocycles. The van der Waals surface area contributed by atoms with E-state index in [2.05, 4.69) is 10.2 Å². The van der Waals surface area contributed by atoms with Gasteiger partial charge in [-0.2, -0.15) is 0 Å². The van der Waals surface area contributed by atoms with E-state index in [0.717, 1.165) is 31.6 Å². The zero-order valence-electron chi connectivity index (χ0n) is 17.5. The molecule has 30 heavy (non-hydrogen) atoms. The fourth-order valence-corrected chi connectivity index (χ4v) is 3.39. The third-order valence-electron chi connectivity index (χ3n) is 5.09. The normalized spacial score (nSPS) is 15.7. The third-order valence-corrected chi connectivity index (χ3v) is 5.09. The monoisotopic (exact) mass is 416 g/mol. The average Bonchev–Trinajstić information content (AvgIpc) is 2.77. The van der Waals surface area contributed by atoms with Gasteiger partial charge in [-0.15, -0.1) is 0 Å². The Balaban J connectivity index is 1.42. The topological polar surface area (TPSA) is 83.4 Å². The zero-order valence-corrected chi connectivity index (χ0v) is 17.5. The van der Waals surface area contributed by atoms with E-state index >= 15 is 0 Å². The van der Waals surface area contributed by atoms with Crippen molar-refractivity contribution >= 4 is 0 Å². The fraction of sp³-hybridized carbons (Fsp3) is 0.478. The Morgan fingerprint density at radius 2 is 1.80 bits per heavy atom. The largest absolute Gasteiger partial charge is 0.508 e. The Hall–Kier alpha value is -2.32. The molecule has 0 unspecified atom stereocenters. The number of β-amino-alcohol motifs (C(OH)–C–C–N with tert-alkyl or cyclic N) is 1. The van der Waals surface area contributed by atoms with Gasteiger partial charge in [-0.3, -0.25) is 4.90 Å². The highest BCUT2D eigenvalue weighted by Gasteiger charge is 2.16. The summed E-state index contributed by atoms with van der Waals surface area (Å²) in [7, 11) is 1.62. The number of aliphatic hydroxyl groups is 1. The Morgan fingerprint density at radius 1 is 1.07 bits per heavy atom. The summed E-state index contributed by atoms with van der Waals surface area (Å²) in [6.07, 6.45) is 0.327. The molecule has 1 aliphatic rings. The SMILES string of the molecule is COc1cc(CNCCc2ccc(O)cc2)ccc1OC[C@H](O)CN1CCOCC1. The van der Waals surface area contributed by atoms with Crippen molar-refractivity contribution in [2.45, 2.75) is 19.1 Å². The Kier molecular flexibility index (Phi) is 8.77. The molecule has 1 aliphatic heterocycles. The van der Waals surface area contributed by atoms with Gasteiger partial charge in [0, 0.05) is 26.2 Å². The minimum Gasteiger partial charge on any atom is -0.508 e. The summed E-state index contributed by atoms with van der Waals surface area (Å²) in [5.41, 5.74) is 2.27. The van der Waals surface area contributed by atoms with Crippen LogP contribution in [0.5, 0.6) is 17.2 Å². The van der Waals surface area contributed by atoms with Crippen LogP contribution in [0.25, 0.3) is 0 Å². The predicted molar refractivity (Wildman–Crippen MR) is 115 cm³/mol. The van der Waals surface area contributed by atoms with Gasteiger partial charge >= 0.3 is 0 Å². The van der Waals surface area contributed by atoms with Crippen LogP contribution in [0.3, 0.4) is 0 Å². The number of hydrogen-bond donors (Lipinski definition) is 3. The van der Waals surface area contributed by atoms with Gasteiger partial charge in [0.1, 0.15) is 18.5 Å². The van der Waals surface area contributed by atoms with E-state index < -0.39 is 6.10 Å². The number of aliphatic hydroxyl groups excluding tert-OH is 1. The molecule has 2 aromatic carbocycles. The molecule has 0 spiro atoms. The molecule has 164 valence electrons. The lowest BCUT2D eigenvalue weighted by atomic mass is 10.1. The van der Waals surface area contributed by atoms with Crippen LogP contribution in [0, 0.1) is 0 Å². The van der Waals surface area contributed by atoms with Gasteiger partial charge in [-0.25, -0.2) is 0 Å². The number of phenols is 1. The van der Waals surface area contributed by atoms with E-state index in [9.17, 15) is 10.2 Å². The molecule has 1 fully saturated rings. The number of methoxy groups -OCH3 is 1. The molecule has 1 atom stereocenters. The van der Waals surface area contributed by atoms with Crippen LogP contribution in [0.4, 0.5) is 0 Å². The third kappa shape index (κ3) is 7.18. The number of rotatable bonds is 11. The standard InChI is InChI=1S/C23H32N2O5/c1-28-23-14-19(15-24-9-8-18-2-5-20(26)6-3-18)4-7-22(23)30-17-21(27)16-25-10-12-29-13-11-25/h2-7,14,21,24,26-27H,8-13,15-17H2,1H3/t21-/m1/s1. The molecule has 7 heteroatoms. The minimum atomic E-state index is -0.561. The van der Waals surface area contributed by atoms with Crippen molar-refractivity contribution in [3.63, 3.8) is 0 Å². The first-order chi connectivity index (χ1) is 14.6. The summed E-state index contributed by atoms with van der Waals surface area (Å²) in [5.74, 6) is 1.58. The second-order valence-corrected chi connectivity index (χ2v) is 7.46. The lowest BCUT2D eigenvalue weighted by Crippen LogP contribution is -2.42. The second kappa shape index (κ2) is 11.8. The molecular weight excluding hydrogens is 384 g/mol. The summed E-state index contributed by atoms with van der Waals surface area (Å²) < 4.78 is 16.6. The van der Waals surface area contributed by atoms with E-state index in [4.69, 9.17) is 14.2 Å². The molecule has 0 aliphatic carbocycles. The first kappa shape index (κ1) is 22.4. The van der Waals surface area contributed by atoms with Crippen LogP contribution >= 0.6 is 0 Å². The van der Waals surface area contributed by atoms with Crippen LogP contribution in [0.15, 0.2) is 42.5 Å². The molecule has 1 saturated heterocycles. The summed E-state index contributed by atoms with van der Waals surface area (Å²) in [6.45, 7) is 5.46. The average molecular weight is 417 g/mol. The van der Waals surface area contributed by atoms with Crippen LogP contribution < -0.4 is 14.8 Å². The molecule has 0 bridgehead atoms. The summed E-state index contributed by atoms with van der Waals surface area (Å²) in [5, 5.41) is 23.0. The van der Waals surface area contributed by atoms with Crippen molar-refractivity contribution < 1.29 is 24.4 Å². The Bertz CT molecular complexity index is 763. The number of aromatic hydroxyl groups is 1. The highest BCUT2D eigenvalue weighted by atomic mass is 16.5. The number of nitrogens with one attached hydrogen (secondary N) is 1. The second-order valence-electron chi connectivity index (χ2n) is 7.46. The van der Waals surface area contributed by atoms with Gasteiger partial charge in [-0.05, 0) is 48.4 Å². The number of nitrogens with zero attached hydrogens (tertiary/aromatic N) is 1. The number of benzene rings is 2. The molecule has 3 rings (SSSR count). The molecule has 2 aromatic rings. The van der Waals surface area contributed by atoms with Gasteiger partial charge in [0.15, 0.2) is 11.5 Å². The number of phenolic OH excluding ortho intramolecular Hbond substituents is 1. The lowest BCUT2D eigenvalue weighted by Gasteiger charge is -2.28. The maximum atomic E-state index is 10.3. The highest BCUT2D eigenvalue weighted by Crippen LogP contribution is 2.28. The van der Waals surface area contributed by atoms with Gasteiger partial charge in [0.25, 0.3) is 0 Å². The zero-order chi connectivity index (χ0) is 21.2. The first-order valence-electron chi connectivity index (χ1n) is 10.4. The van der Waals surface area contributed by atoms with Gasteiger partial charge < -0.3 is 29.7 Å². The maximum absolute atomic E-state index is 10.3. The molecular formula is C23H32N2O5. The number of ether oxygens (including phenoxy) is 3. The van der Waals surface area contributed by atoms with Crippen molar-refractivity contribution in [2.24, 2.45) is 0 Å². The number of hydrogen-bond acceptors (Lipinski definition) is 7. The van der Waals surface area contributed by atoms with Gasteiger partial charge in [0.05, 0.1) is 20.3 Å². The fourth-order valence-electron chi connectivity index (χ4n) is 3.39. The Morgan fingerprint density at radius 3 is 2.53 bits per heavy atom. The van der Waals surface area contributed by atoms with Crippen molar-refractivity contribution in [1.82, 2.24) is 10.2 Å². The summed E-state index contributed by atoms with van der Waals surface area (Å²) in [6, 6.07) is 13.1. The molecule has 3 N–H and O–H groups in total. The molecule has 1 heterocycles.